The number of benzene rings is 3. The number of alkyl halides is 3. The number of amides is 1. The van der Waals surface area contributed by atoms with E-state index in [1.165, 1.54) is 0 Å². The largest absolute Gasteiger partial charge is 0.339 e. The Bertz CT molecular complexity index is 1000. The van der Waals surface area contributed by atoms with Crippen molar-refractivity contribution in [3.05, 3.63) is 78.4 Å². The molecule has 150 valence electrons. The van der Waals surface area contributed by atoms with E-state index in [2.05, 4.69) is 16.0 Å². The van der Waals surface area contributed by atoms with Gasteiger partial charge in [-0.25, -0.2) is 0 Å². The topological polar surface area (TPSA) is 53.2 Å². The molecule has 3 N–H and O–H groups in total. The Labute approximate surface area is 189 Å². The maximum absolute atomic E-state index is 12.7. The molecule has 0 fully saturated rings. The molecule has 4 nitrogen and oxygen atoms in total. The lowest BCUT2D eigenvalue weighted by molar-refractivity contribution is -0.121. The van der Waals surface area contributed by atoms with Gasteiger partial charge in [-0.1, -0.05) is 95.5 Å². The molecule has 3 aromatic rings. The summed E-state index contributed by atoms with van der Waals surface area (Å²) in [7, 11) is 0. The highest BCUT2D eigenvalue weighted by Crippen LogP contribution is 2.29. The Hall–Kier alpha value is -2.05. The van der Waals surface area contributed by atoms with Crippen molar-refractivity contribution >= 4 is 74.5 Å². The van der Waals surface area contributed by atoms with Crippen LogP contribution in [0.25, 0.3) is 10.8 Å². The molecule has 0 spiro atoms. The first-order chi connectivity index (χ1) is 13.8. The Morgan fingerprint density at radius 1 is 0.897 bits per heavy atom. The van der Waals surface area contributed by atoms with Crippen molar-refractivity contribution in [2.45, 2.75) is 16.4 Å². The smallest absolute Gasteiger partial charge is 0.228 e. The van der Waals surface area contributed by atoms with E-state index in [0.29, 0.717) is 0 Å². The summed E-state index contributed by atoms with van der Waals surface area (Å²) in [6.45, 7) is 0. The molecule has 0 aliphatic rings. The van der Waals surface area contributed by atoms with Crippen LogP contribution in [0.1, 0.15) is 5.56 Å². The summed E-state index contributed by atoms with van der Waals surface area (Å²) in [5.41, 5.74) is 1.66. The zero-order valence-electron chi connectivity index (χ0n) is 15.2. The van der Waals surface area contributed by atoms with Gasteiger partial charge in [0, 0.05) is 5.69 Å². The van der Waals surface area contributed by atoms with Gasteiger partial charge in [0.1, 0.15) is 6.17 Å². The summed E-state index contributed by atoms with van der Waals surface area (Å²) >= 11 is 23.4. The second kappa shape index (κ2) is 9.63. The van der Waals surface area contributed by atoms with Crippen molar-refractivity contribution in [2.75, 3.05) is 5.32 Å². The van der Waals surface area contributed by atoms with Crippen LogP contribution in [0.3, 0.4) is 0 Å². The van der Waals surface area contributed by atoms with Gasteiger partial charge in [0.05, 0.1) is 6.42 Å². The zero-order chi connectivity index (χ0) is 20.9. The van der Waals surface area contributed by atoms with E-state index < -0.39 is 9.96 Å². The molecule has 0 aliphatic heterocycles. The van der Waals surface area contributed by atoms with E-state index in [4.69, 9.17) is 47.0 Å². The lowest BCUT2D eigenvalue weighted by Gasteiger charge is -2.28. The minimum absolute atomic E-state index is 0.138. The van der Waals surface area contributed by atoms with Gasteiger partial charge in [-0.05, 0) is 40.7 Å². The molecule has 0 aromatic heterocycles. The zero-order valence-corrected chi connectivity index (χ0v) is 18.2. The number of hydrogen-bond donors (Lipinski definition) is 3. The summed E-state index contributed by atoms with van der Waals surface area (Å²) in [5.74, 6) is -0.298. The Morgan fingerprint density at radius 3 is 2.28 bits per heavy atom. The third kappa shape index (κ3) is 6.21. The minimum atomic E-state index is -1.81. The first-order valence-electron chi connectivity index (χ1n) is 8.78. The number of anilines is 1. The number of rotatable bonds is 5. The molecule has 0 heterocycles. The van der Waals surface area contributed by atoms with Crippen molar-refractivity contribution in [2.24, 2.45) is 0 Å². The number of carbonyl (C=O) groups excluding carboxylic acids is 1. The average Bonchev–Trinajstić information content (AvgIpc) is 2.68. The third-order valence-corrected chi connectivity index (χ3v) is 5.05. The summed E-state index contributed by atoms with van der Waals surface area (Å²) in [6, 6.07) is 23.0. The molecule has 29 heavy (non-hydrogen) atoms. The first-order valence-corrected chi connectivity index (χ1v) is 10.3. The standard InChI is InChI=1S/C21H18Cl3N3OS/c22-21(23,24)19(27-20(29)25-16-10-2-1-3-11-16)26-18(28)13-15-9-6-8-14-7-4-5-12-17(14)15/h1-12,19H,13H2,(H,26,28)(H2,25,27,29). The fraction of sp³-hybridized carbons (Fsp3) is 0.143. The summed E-state index contributed by atoms with van der Waals surface area (Å²) in [5, 5.41) is 10.8. The summed E-state index contributed by atoms with van der Waals surface area (Å²) in [4.78, 5) is 12.7. The quantitative estimate of drug-likeness (QED) is 0.275. The number of nitrogens with one attached hydrogen (secondary N) is 3. The number of carbonyl (C=O) groups is 1. The summed E-state index contributed by atoms with van der Waals surface area (Å²) in [6.07, 6.45) is -0.877. The Balaban J connectivity index is 1.68. The van der Waals surface area contributed by atoms with Gasteiger partial charge in [0.15, 0.2) is 5.11 Å². The van der Waals surface area contributed by atoms with Crippen LogP contribution in [0.2, 0.25) is 0 Å². The van der Waals surface area contributed by atoms with Crippen molar-refractivity contribution < 1.29 is 4.79 Å². The second-order valence-corrected chi connectivity index (χ2v) is 9.10. The highest BCUT2D eigenvalue weighted by Gasteiger charge is 2.34. The molecule has 3 aromatic carbocycles. The molecular weight excluding hydrogens is 449 g/mol. The van der Waals surface area contributed by atoms with Crippen LogP contribution in [-0.2, 0) is 11.2 Å². The lowest BCUT2D eigenvalue weighted by atomic mass is 10.0. The van der Waals surface area contributed by atoms with Crippen LogP contribution >= 0.6 is 47.0 Å². The van der Waals surface area contributed by atoms with Crippen molar-refractivity contribution in [3.63, 3.8) is 0 Å². The SMILES string of the molecule is O=C(Cc1cccc2ccccc12)NC(NC(=S)Nc1ccccc1)C(Cl)(Cl)Cl. The van der Waals surface area contributed by atoms with Gasteiger partial charge in [-0.3, -0.25) is 4.79 Å². The van der Waals surface area contributed by atoms with Gasteiger partial charge in [0.2, 0.25) is 9.70 Å². The second-order valence-electron chi connectivity index (χ2n) is 6.32. The van der Waals surface area contributed by atoms with Gasteiger partial charge >= 0.3 is 0 Å². The lowest BCUT2D eigenvalue weighted by Crippen LogP contribution is -2.56. The third-order valence-electron chi connectivity index (χ3n) is 4.17. The predicted octanol–water partition coefficient (Wildman–Crippen LogP) is 5.18. The van der Waals surface area contributed by atoms with Crippen LogP contribution in [0.4, 0.5) is 5.69 Å². The number of hydrogen-bond acceptors (Lipinski definition) is 2. The molecule has 0 aliphatic carbocycles. The van der Waals surface area contributed by atoms with Crippen molar-refractivity contribution in [3.8, 4) is 0 Å². The van der Waals surface area contributed by atoms with Crippen LogP contribution in [0.15, 0.2) is 72.8 Å². The minimum Gasteiger partial charge on any atom is -0.339 e. The molecule has 8 heteroatoms. The first kappa shape index (κ1) is 21.7. The van der Waals surface area contributed by atoms with E-state index in [0.717, 1.165) is 22.0 Å². The number of thiocarbonyl (C=S) groups is 1. The molecule has 0 saturated carbocycles. The van der Waals surface area contributed by atoms with E-state index >= 15 is 0 Å². The normalized spacial score (nSPS) is 12.2. The molecule has 1 unspecified atom stereocenters. The van der Waals surface area contributed by atoms with Crippen LogP contribution in [0.5, 0.6) is 0 Å². The van der Waals surface area contributed by atoms with Gasteiger partial charge in [-0.15, -0.1) is 0 Å². The number of halogens is 3. The van der Waals surface area contributed by atoms with Gasteiger partial charge < -0.3 is 16.0 Å². The maximum atomic E-state index is 12.7. The summed E-state index contributed by atoms with van der Waals surface area (Å²) < 4.78 is -1.81. The van der Waals surface area contributed by atoms with Crippen LogP contribution in [-0.4, -0.2) is 21.0 Å². The highest BCUT2D eigenvalue weighted by atomic mass is 35.6. The predicted molar refractivity (Wildman–Crippen MR) is 126 cm³/mol. The molecule has 1 atom stereocenters. The number of fused-ring (bicyclic) bond motifs is 1. The number of para-hydroxylation sites is 1. The Kier molecular flexibility index (Phi) is 7.19. The molecule has 0 bridgehead atoms. The molecular formula is C21H18Cl3N3OS. The van der Waals surface area contributed by atoms with Crippen molar-refractivity contribution in [1.29, 1.82) is 0 Å². The van der Waals surface area contributed by atoms with Crippen molar-refractivity contribution in [1.82, 2.24) is 10.6 Å². The van der Waals surface area contributed by atoms with E-state index in [-0.39, 0.29) is 17.4 Å². The highest BCUT2D eigenvalue weighted by molar-refractivity contribution is 7.80. The molecule has 0 saturated heterocycles. The molecule has 1 amide bonds. The fourth-order valence-electron chi connectivity index (χ4n) is 2.85. The van der Waals surface area contributed by atoms with Crippen LogP contribution in [0, 0.1) is 0 Å². The van der Waals surface area contributed by atoms with Gasteiger partial charge in [-0.2, -0.15) is 0 Å². The van der Waals surface area contributed by atoms with Gasteiger partial charge in [0.25, 0.3) is 0 Å². The fourth-order valence-corrected chi connectivity index (χ4v) is 3.41. The van der Waals surface area contributed by atoms with E-state index in [9.17, 15) is 4.79 Å². The molecule has 3 rings (SSSR count). The average molecular weight is 467 g/mol. The molecule has 0 radical (unpaired) electrons. The van der Waals surface area contributed by atoms with Crippen LogP contribution < -0.4 is 16.0 Å². The maximum Gasteiger partial charge on any atom is 0.228 e. The monoisotopic (exact) mass is 465 g/mol. The van der Waals surface area contributed by atoms with E-state index in [1.807, 2.05) is 72.8 Å². The van der Waals surface area contributed by atoms with E-state index in [1.54, 1.807) is 0 Å². The Morgan fingerprint density at radius 2 is 1.55 bits per heavy atom.